The monoisotopic (exact) mass is 436 g/mol. The highest BCUT2D eigenvalue weighted by Crippen LogP contribution is 2.30. The molecular weight excluding hydrogens is 416 g/mol. The summed E-state index contributed by atoms with van der Waals surface area (Å²) in [5.74, 6) is 1.44. The smallest absolute Gasteiger partial charge is 0.258 e. The van der Waals surface area contributed by atoms with Gasteiger partial charge in [0.2, 0.25) is 5.89 Å². The topological polar surface area (TPSA) is 80.9 Å². The van der Waals surface area contributed by atoms with Gasteiger partial charge in [0.15, 0.2) is 11.0 Å². The molecular formula is C22H20N4O2S2. The van der Waals surface area contributed by atoms with Crippen LogP contribution in [0, 0.1) is 20.8 Å². The number of nitrogens with zero attached hydrogens (tertiary/aromatic N) is 3. The summed E-state index contributed by atoms with van der Waals surface area (Å²) < 4.78 is 5.15. The Bertz CT molecular complexity index is 1200. The van der Waals surface area contributed by atoms with Gasteiger partial charge in [-0.25, -0.2) is 4.98 Å². The molecule has 0 radical (unpaired) electrons. The molecule has 2 aromatic heterocycles. The lowest BCUT2D eigenvalue weighted by Crippen LogP contribution is -2.12. The van der Waals surface area contributed by atoms with E-state index in [0.29, 0.717) is 28.2 Å². The number of anilines is 1. The molecule has 0 aliphatic heterocycles. The Morgan fingerprint density at radius 1 is 1.13 bits per heavy atom. The summed E-state index contributed by atoms with van der Waals surface area (Å²) in [4.78, 5) is 22.6. The van der Waals surface area contributed by atoms with Crippen LogP contribution in [0.15, 0.2) is 57.3 Å². The molecule has 0 saturated carbocycles. The molecule has 0 saturated heterocycles. The summed E-state index contributed by atoms with van der Waals surface area (Å²) in [7, 11) is 0. The normalized spacial score (nSPS) is 10.9. The maximum absolute atomic E-state index is 12.9. The van der Waals surface area contributed by atoms with E-state index in [-0.39, 0.29) is 5.91 Å². The molecule has 2 aromatic carbocycles. The second-order valence-corrected chi connectivity index (χ2v) is 8.71. The summed E-state index contributed by atoms with van der Waals surface area (Å²) in [6.07, 6.45) is 0. The van der Waals surface area contributed by atoms with Crippen LogP contribution >= 0.6 is 23.1 Å². The van der Waals surface area contributed by atoms with E-state index in [4.69, 9.17) is 4.52 Å². The van der Waals surface area contributed by atoms with Crippen LogP contribution in [0.4, 0.5) is 5.13 Å². The van der Waals surface area contributed by atoms with Gasteiger partial charge in [-0.15, -0.1) is 23.1 Å². The Balaban J connectivity index is 1.49. The molecule has 0 aliphatic carbocycles. The highest BCUT2D eigenvalue weighted by molar-refractivity contribution is 7.98. The zero-order valence-electron chi connectivity index (χ0n) is 16.8. The van der Waals surface area contributed by atoms with Gasteiger partial charge in [0.05, 0.1) is 17.0 Å². The number of nitrogens with one attached hydrogen (secondary N) is 1. The van der Waals surface area contributed by atoms with Crippen molar-refractivity contribution >= 4 is 34.1 Å². The highest BCUT2D eigenvalue weighted by atomic mass is 32.2. The maximum atomic E-state index is 12.9. The first-order valence-electron chi connectivity index (χ1n) is 9.35. The molecule has 2 heterocycles. The zero-order chi connectivity index (χ0) is 21.1. The summed E-state index contributed by atoms with van der Waals surface area (Å²) in [6.45, 7) is 5.90. The van der Waals surface area contributed by atoms with E-state index in [0.717, 1.165) is 21.7 Å². The van der Waals surface area contributed by atoms with Crippen molar-refractivity contribution in [3.8, 4) is 11.3 Å². The predicted molar refractivity (Wildman–Crippen MR) is 120 cm³/mol. The lowest BCUT2D eigenvalue weighted by molar-refractivity contribution is 0.102. The largest absolute Gasteiger partial charge is 0.338 e. The third-order valence-electron chi connectivity index (χ3n) is 4.45. The molecule has 4 rings (SSSR count). The van der Waals surface area contributed by atoms with E-state index >= 15 is 0 Å². The fourth-order valence-corrected chi connectivity index (χ4v) is 4.54. The number of benzene rings is 2. The van der Waals surface area contributed by atoms with Gasteiger partial charge in [-0.1, -0.05) is 35.0 Å². The Morgan fingerprint density at radius 3 is 2.77 bits per heavy atom. The molecule has 6 nitrogen and oxygen atoms in total. The minimum Gasteiger partial charge on any atom is -0.338 e. The summed E-state index contributed by atoms with van der Waals surface area (Å²) in [5, 5.41) is 9.27. The molecule has 0 fully saturated rings. The van der Waals surface area contributed by atoms with Gasteiger partial charge in [0, 0.05) is 15.8 Å². The number of aromatic nitrogens is 3. The average Bonchev–Trinajstić information content (AvgIpc) is 3.37. The van der Waals surface area contributed by atoms with Crippen LogP contribution in [0.25, 0.3) is 11.3 Å². The first-order chi connectivity index (χ1) is 14.5. The second-order valence-electron chi connectivity index (χ2n) is 6.83. The van der Waals surface area contributed by atoms with Gasteiger partial charge in [-0.2, -0.15) is 4.98 Å². The number of thiazole rings is 1. The van der Waals surface area contributed by atoms with Gasteiger partial charge >= 0.3 is 0 Å². The van der Waals surface area contributed by atoms with Crippen LogP contribution in [0.1, 0.15) is 33.2 Å². The number of rotatable bonds is 6. The van der Waals surface area contributed by atoms with Crippen molar-refractivity contribution in [1.82, 2.24) is 15.1 Å². The molecule has 8 heteroatoms. The molecule has 30 heavy (non-hydrogen) atoms. The number of hydrogen-bond donors (Lipinski definition) is 1. The fraction of sp³-hybridized carbons (Fsp3) is 0.182. The molecule has 4 aromatic rings. The number of amides is 1. The van der Waals surface area contributed by atoms with E-state index < -0.39 is 0 Å². The second kappa shape index (κ2) is 8.81. The van der Waals surface area contributed by atoms with Crippen LogP contribution in [-0.2, 0) is 5.75 Å². The first kappa shape index (κ1) is 20.3. The fourth-order valence-electron chi connectivity index (χ4n) is 2.95. The molecule has 0 atom stereocenters. The van der Waals surface area contributed by atoms with Crippen molar-refractivity contribution < 1.29 is 9.32 Å². The lowest BCUT2D eigenvalue weighted by atomic mass is 10.0. The van der Waals surface area contributed by atoms with Crippen molar-refractivity contribution in [2.24, 2.45) is 0 Å². The lowest BCUT2D eigenvalue weighted by Gasteiger charge is -2.07. The molecule has 0 unspecified atom stereocenters. The van der Waals surface area contributed by atoms with E-state index in [9.17, 15) is 4.79 Å². The minimum atomic E-state index is -0.193. The Kier molecular flexibility index (Phi) is 5.96. The van der Waals surface area contributed by atoms with Gasteiger partial charge in [0.1, 0.15) is 0 Å². The van der Waals surface area contributed by atoms with Crippen molar-refractivity contribution in [3.05, 3.63) is 76.3 Å². The average molecular weight is 437 g/mol. The summed E-state index contributed by atoms with van der Waals surface area (Å²) >= 11 is 2.90. The van der Waals surface area contributed by atoms with Crippen molar-refractivity contribution in [3.63, 3.8) is 0 Å². The molecule has 0 aliphatic rings. The van der Waals surface area contributed by atoms with Gasteiger partial charge in [-0.3, -0.25) is 10.1 Å². The standard InChI is InChI=1S/C22H20N4O2S2/c1-13-8-9-14(2)17(10-13)18-11-30-22(24-18)25-21(27)16-6-4-5-7-19(16)29-12-20-23-15(3)26-28-20/h4-11H,12H2,1-3H3,(H,24,25,27). The Morgan fingerprint density at radius 2 is 1.97 bits per heavy atom. The van der Waals surface area contributed by atoms with Crippen LogP contribution < -0.4 is 5.32 Å². The summed E-state index contributed by atoms with van der Waals surface area (Å²) in [5.41, 5.74) is 4.86. The Hall–Kier alpha value is -2.97. The third kappa shape index (κ3) is 4.60. The molecule has 1 N–H and O–H groups in total. The summed E-state index contributed by atoms with van der Waals surface area (Å²) in [6, 6.07) is 13.7. The van der Waals surface area contributed by atoms with Crippen molar-refractivity contribution in [1.29, 1.82) is 0 Å². The number of carbonyl (C=O) groups is 1. The number of thioether (sulfide) groups is 1. The van der Waals surface area contributed by atoms with Gasteiger partial charge in [0.25, 0.3) is 5.91 Å². The van der Waals surface area contributed by atoms with E-state index in [1.54, 1.807) is 13.0 Å². The molecule has 1 amide bonds. The highest BCUT2D eigenvalue weighted by Gasteiger charge is 2.15. The molecule has 152 valence electrons. The number of hydrogen-bond acceptors (Lipinski definition) is 7. The SMILES string of the molecule is Cc1ccc(C)c(-c2csc(NC(=O)c3ccccc3SCc3nc(C)no3)n2)c1. The number of carbonyl (C=O) groups excluding carboxylic acids is 1. The van der Waals surface area contributed by atoms with Crippen LogP contribution in [0.5, 0.6) is 0 Å². The molecule has 0 spiro atoms. The maximum Gasteiger partial charge on any atom is 0.258 e. The quantitative estimate of drug-likeness (QED) is 0.393. The van der Waals surface area contributed by atoms with Crippen LogP contribution in [0.3, 0.4) is 0 Å². The zero-order valence-corrected chi connectivity index (χ0v) is 18.4. The Labute approximate surface area is 182 Å². The van der Waals surface area contributed by atoms with E-state index in [1.807, 2.05) is 23.6 Å². The van der Waals surface area contributed by atoms with Crippen molar-refractivity contribution in [2.45, 2.75) is 31.4 Å². The van der Waals surface area contributed by atoms with Crippen LogP contribution in [-0.4, -0.2) is 21.0 Å². The van der Waals surface area contributed by atoms with E-state index in [1.165, 1.54) is 28.7 Å². The third-order valence-corrected chi connectivity index (χ3v) is 6.26. The van der Waals surface area contributed by atoms with Gasteiger partial charge in [-0.05, 0) is 44.5 Å². The van der Waals surface area contributed by atoms with Crippen LogP contribution in [0.2, 0.25) is 0 Å². The molecule has 0 bridgehead atoms. The number of aryl methyl sites for hydroxylation is 3. The van der Waals surface area contributed by atoms with E-state index in [2.05, 4.69) is 52.5 Å². The first-order valence-corrected chi connectivity index (χ1v) is 11.2. The predicted octanol–water partition coefficient (Wildman–Crippen LogP) is 5.66. The van der Waals surface area contributed by atoms with Crippen molar-refractivity contribution in [2.75, 3.05) is 5.32 Å². The minimum absolute atomic E-state index is 0.193. The van der Waals surface area contributed by atoms with Gasteiger partial charge < -0.3 is 4.52 Å².